The van der Waals surface area contributed by atoms with Gasteiger partial charge in [-0.25, -0.2) is 0 Å². The van der Waals surface area contributed by atoms with Crippen molar-refractivity contribution in [3.8, 4) is 0 Å². The molecule has 27 heavy (non-hydrogen) atoms. The molecule has 1 N–H and O–H groups in total. The third kappa shape index (κ3) is 2.64. The predicted octanol–water partition coefficient (Wildman–Crippen LogP) is 6.07. The van der Waals surface area contributed by atoms with E-state index in [0.717, 1.165) is 37.9 Å². The Morgan fingerprint density at radius 2 is 1.70 bits per heavy atom. The van der Waals surface area contributed by atoms with Gasteiger partial charge in [-0.05, 0) is 29.8 Å². The third-order valence-electron chi connectivity index (χ3n) is 5.02. The lowest BCUT2D eigenvalue weighted by Gasteiger charge is -2.18. The number of rotatable bonds is 1. The zero-order valence-corrected chi connectivity index (χ0v) is 15.9. The van der Waals surface area contributed by atoms with Crippen LogP contribution in [0, 0.1) is 0 Å². The standard InChI is InChI=1S/C23H15BrN2O/c24-15-10-11-17-20(12-15)26-22-16-8-4-5-9-19(16)25-13-18(22)21(23(17)27)14-6-2-1-3-7-14/h1-13,21,26H. The molecule has 0 saturated heterocycles. The highest BCUT2D eigenvalue weighted by Gasteiger charge is 2.32. The molecule has 1 aliphatic rings. The third-order valence-corrected chi connectivity index (χ3v) is 5.51. The van der Waals surface area contributed by atoms with Gasteiger partial charge in [0, 0.05) is 27.2 Å². The minimum Gasteiger partial charge on any atom is -0.354 e. The number of halogens is 1. The number of carbonyl (C=O) groups is 1. The van der Waals surface area contributed by atoms with Gasteiger partial charge in [-0.3, -0.25) is 9.78 Å². The highest BCUT2D eigenvalue weighted by atomic mass is 79.9. The molecule has 1 unspecified atom stereocenters. The van der Waals surface area contributed by atoms with Crippen LogP contribution in [0.25, 0.3) is 10.9 Å². The molecule has 0 spiro atoms. The zero-order chi connectivity index (χ0) is 18.4. The Balaban J connectivity index is 1.86. The van der Waals surface area contributed by atoms with Crippen molar-refractivity contribution in [2.75, 3.05) is 5.32 Å². The molecule has 4 heteroatoms. The van der Waals surface area contributed by atoms with Gasteiger partial charge in [0.1, 0.15) is 0 Å². The maximum absolute atomic E-state index is 13.6. The number of anilines is 2. The van der Waals surface area contributed by atoms with Gasteiger partial charge in [0.15, 0.2) is 5.78 Å². The average Bonchev–Trinajstić information content (AvgIpc) is 2.82. The second kappa shape index (κ2) is 6.32. The van der Waals surface area contributed by atoms with Crippen LogP contribution in [-0.2, 0) is 0 Å². The number of pyridine rings is 1. The quantitative estimate of drug-likeness (QED) is 0.410. The van der Waals surface area contributed by atoms with Crippen LogP contribution in [0.2, 0.25) is 0 Å². The summed E-state index contributed by atoms with van der Waals surface area (Å²) in [5, 5.41) is 4.54. The zero-order valence-electron chi connectivity index (χ0n) is 14.3. The molecule has 0 radical (unpaired) electrons. The van der Waals surface area contributed by atoms with Crippen LogP contribution >= 0.6 is 15.9 Å². The molecule has 5 rings (SSSR count). The van der Waals surface area contributed by atoms with Gasteiger partial charge in [-0.1, -0.05) is 64.5 Å². The fraction of sp³-hybridized carbons (Fsp3) is 0.0435. The molecular formula is C23H15BrN2O. The summed E-state index contributed by atoms with van der Waals surface area (Å²) in [7, 11) is 0. The van der Waals surface area contributed by atoms with Crippen LogP contribution in [0.15, 0.2) is 83.5 Å². The van der Waals surface area contributed by atoms with Crippen LogP contribution in [0.4, 0.5) is 11.4 Å². The van der Waals surface area contributed by atoms with Crippen LogP contribution in [-0.4, -0.2) is 10.8 Å². The monoisotopic (exact) mass is 414 g/mol. The number of para-hydroxylation sites is 1. The summed E-state index contributed by atoms with van der Waals surface area (Å²) in [6.07, 6.45) is 1.83. The fourth-order valence-corrected chi connectivity index (χ4v) is 4.12. The summed E-state index contributed by atoms with van der Waals surface area (Å²) in [4.78, 5) is 18.2. The van der Waals surface area contributed by atoms with Crippen molar-refractivity contribution in [2.24, 2.45) is 0 Å². The van der Waals surface area contributed by atoms with Crippen molar-refractivity contribution < 1.29 is 4.79 Å². The summed E-state index contributed by atoms with van der Waals surface area (Å²) in [6.45, 7) is 0. The van der Waals surface area contributed by atoms with Crippen LogP contribution < -0.4 is 5.32 Å². The Morgan fingerprint density at radius 1 is 0.926 bits per heavy atom. The molecule has 0 bridgehead atoms. The largest absolute Gasteiger partial charge is 0.354 e. The molecule has 1 aromatic heterocycles. The molecule has 1 atom stereocenters. The number of hydrogen-bond donors (Lipinski definition) is 1. The van der Waals surface area contributed by atoms with E-state index in [1.165, 1.54) is 0 Å². The molecule has 2 heterocycles. The fourth-order valence-electron chi connectivity index (χ4n) is 3.76. The van der Waals surface area contributed by atoms with Gasteiger partial charge < -0.3 is 5.32 Å². The molecule has 4 aromatic rings. The van der Waals surface area contributed by atoms with E-state index in [2.05, 4.69) is 26.2 Å². The number of hydrogen-bond acceptors (Lipinski definition) is 3. The van der Waals surface area contributed by atoms with Crippen LogP contribution in [0.1, 0.15) is 27.4 Å². The van der Waals surface area contributed by atoms with E-state index < -0.39 is 5.92 Å². The lowest BCUT2D eigenvalue weighted by Crippen LogP contribution is -2.13. The van der Waals surface area contributed by atoms with Crippen molar-refractivity contribution in [2.45, 2.75) is 5.92 Å². The Morgan fingerprint density at radius 3 is 2.56 bits per heavy atom. The van der Waals surface area contributed by atoms with E-state index >= 15 is 0 Å². The van der Waals surface area contributed by atoms with Gasteiger partial charge in [0.25, 0.3) is 0 Å². The highest BCUT2D eigenvalue weighted by Crippen LogP contribution is 2.43. The van der Waals surface area contributed by atoms with E-state index in [1.54, 1.807) is 0 Å². The minimum absolute atomic E-state index is 0.0760. The summed E-state index contributed by atoms with van der Waals surface area (Å²) in [5.41, 5.74) is 5.22. The Bertz CT molecular complexity index is 1190. The van der Waals surface area contributed by atoms with E-state index in [1.807, 2.05) is 79.0 Å². The number of fused-ring (bicyclic) bond motifs is 4. The first-order chi connectivity index (χ1) is 13.2. The lowest BCUT2D eigenvalue weighted by molar-refractivity contribution is 0.0975. The Labute approximate surface area is 165 Å². The highest BCUT2D eigenvalue weighted by molar-refractivity contribution is 9.10. The topological polar surface area (TPSA) is 42.0 Å². The van der Waals surface area contributed by atoms with Crippen molar-refractivity contribution in [3.63, 3.8) is 0 Å². The van der Waals surface area contributed by atoms with E-state index in [4.69, 9.17) is 0 Å². The van der Waals surface area contributed by atoms with Gasteiger partial charge in [0.05, 0.1) is 22.8 Å². The molecule has 0 aliphatic carbocycles. The van der Waals surface area contributed by atoms with Crippen LogP contribution in [0.3, 0.4) is 0 Å². The summed E-state index contributed by atoms with van der Waals surface area (Å²) >= 11 is 3.52. The molecule has 1 aliphatic heterocycles. The Hall–Kier alpha value is -2.98. The number of carbonyl (C=O) groups excluding carboxylic acids is 1. The number of nitrogens with one attached hydrogen (secondary N) is 1. The van der Waals surface area contributed by atoms with Crippen LogP contribution in [0.5, 0.6) is 0 Å². The minimum atomic E-state index is -0.395. The maximum atomic E-state index is 13.6. The van der Waals surface area contributed by atoms with Gasteiger partial charge in [-0.2, -0.15) is 0 Å². The molecule has 0 saturated carbocycles. The van der Waals surface area contributed by atoms with Gasteiger partial charge in [-0.15, -0.1) is 0 Å². The van der Waals surface area contributed by atoms with Crippen molar-refractivity contribution >= 4 is 44.0 Å². The summed E-state index contributed by atoms with van der Waals surface area (Å²) in [6, 6.07) is 23.7. The van der Waals surface area contributed by atoms with E-state index in [-0.39, 0.29) is 5.78 Å². The molecule has 0 amide bonds. The first-order valence-corrected chi connectivity index (χ1v) is 9.55. The summed E-state index contributed by atoms with van der Waals surface area (Å²) in [5.74, 6) is -0.319. The molecule has 3 nitrogen and oxygen atoms in total. The molecule has 0 fully saturated rings. The first kappa shape index (κ1) is 16.2. The molecule has 130 valence electrons. The Kier molecular flexibility index (Phi) is 3.80. The van der Waals surface area contributed by atoms with Crippen molar-refractivity contribution in [1.82, 2.24) is 4.98 Å². The number of Topliss-reactive ketones (excluding diaryl/α,β-unsaturated/α-hetero) is 1. The number of aromatic nitrogens is 1. The second-order valence-electron chi connectivity index (χ2n) is 6.63. The second-order valence-corrected chi connectivity index (χ2v) is 7.54. The molecule has 3 aromatic carbocycles. The predicted molar refractivity (Wildman–Crippen MR) is 112 cm³/mol. The normalized spacial score (nSPS) is 15.6. The number of nitrogens with zero attached hydrogens (tertiary/aromatic N) is 1. The smallest absolute Gasteiger partial charge is 0.176 e. The van der Waals surface area contributed by atoms with E-state index in [0.29, 0.717) is 5.56 Å². The summed E-state index contributed by atoms with van der Waals surface area (Å²) < 4.78 is 0.930. The average molecular weight is 415 g/mol. The van der Waals surface area contributed by atoms with Crippen molar-refractivity contribution in [1.29, 1.82) is 0 Å². The SMILES string of the molecule is O=C1c2ccc(Br)cc2Nc2c(cnc3ccccc23)C1c1ccccc1. The van der Waals surface area contributed by atoms with E-state index in [9.17, 15) is 4.79 Å². The van der Waals surface area contributed by atoms with Crippen molar-refractivity contribution in [3.05, 3.63) is 100 Å². The number of ketones is 1. The number of benzene rings is 3. The lowest BCUT2D eigenvalue weighted by atomic mass is 9.85. The maximum Gasteiger partial charge on any atom is 0.176 e. The molecular weight excluding hydrogens is 400 g/mol. The van der Waals surface area contributed by atoms with Gasteiger partial charge in [0.2, 0.25) is 0 Å². The van der Waals surface area contributed by atoms with Gasteiger partial charge >= 0.3 is 0 Å². The first-order valence-electron chi connectivity index (χ1n) is 8.76.